The third-order valence-corrected chi connectivity index (χ3v) is 5.53. The van der Waals surface area contributed by atoms with E-state index < -0.39 is 16.9 Å². The Balaban J connectivity index is 1.88. The molecule has 0 aromatic heterocycles. The summed E-state index contributed by atoms with van der Waals surface area (Å²) < 4.78 is 0. The Hall–Kier alpha value is -1.65. The quantitative estimate of drug-likeness (QED) is 0.637. The normalized spacial score (nSPS) is 33.7. The van der Waals surface area contributed by atoms with Gasteiger partial charge in [0, 0.05) is 5.54 Å². The molecule has 2 amide bonds. The van der Waals surface area contributed by atoms with Crippen LogP contribution < -0.4 is 0 Å². The van der Waals surface area contributed by atoms with Crippen LogP contribution in [0.25, 0.3) is 0 Å². The minimum Gasteiger partial charge on any atom is -0.481 e. The smallest absolute Gasteiger partial charge is 0.309 e. The molecule has 0 spiro atoms. The molecule has 1 saturated heterocycles. The number of carboxylic acids is 1. The van der Waals surface area contributed by atoms with Crippen molar-refractivity contribution < 1.29 is 19.5 Å². The number of imide groups is 1. The number of allylic oxidation sites excluding steroid dienone is 2. The lowest BCUT2D eigenvalue weighted by Crippen LogP contribution is -2.52. The summed E-state index contributed by atoms with van der Waals surface area (Å²) in [5, 5.41) is 9.34. The summed E-state index contributed by atoms with van der Waals surface area (Å²) in [5.41, 5.74) is -1.78. The van der Waals surface area contributed by atoms with Gasteiger partial charge in [-0.15, -0.1) is 0 Å². The number of carbonyl (C=O) groups excluding carboxylic acids is 2. The maximum Gasteiger partial charge on any atom is 0.309 e. The van der Waals surface area contributed by atoms with Gasteiger partial charge in [0.2, 0.25) is 11.8 Å². The first kappa shape index (κ1) is 15.3. The van der Waals surface area contributed by atoms with E-state index in [4.69, 9.17) is 0 Å². The Labute approximate surface area is 130 Å². The number of aliphatic carboxylic acids is 1. The van der Waals surface area contributed by atoms with Crippen molar-refractivity contribution >= 4 is 17.8 Å². The van der Waals surface area contributed by atoms with Gasteiger partial charge >= 0.3 is 5.97 Å². The van der Waals surface area contributed by atoms with Gasteiger partial charge in [-0.25, -0.2) is 0 Å². The van der Waals surface area contributed by atoms with Crippen molar-refractivity contribution in [1.82, 2.24) is 4.90 Å². The van der Waals surface area contributed by atoms with Crippen LogP contribution >= 0.6 is 0 Å². The van der Waals surface area contributed by atoms with E-state index in [-0.39, 0.29) is 41.9 Å². The van der Waals surface area contributed by atoms with Gasteiger partial charge in [-0.3, -0.25) is 19.3 Å². The summed E-state index contributed by atoms with van der Waals surface area (Å²) in [5.74, 6) is -1.23. The highest BCUT2D eigenvalue weighted by Crippen LogP contribution is 2.54. The Morgan fingerprint density at radius 1 is 1.14 bits per heavy atom. The van der Waals surface area contributed by atoms with E-state index in [0.717, 1.165) is 6.42 Å². The van der Waals surface area contributed by atoms with Crippen molar-refractivity contribution in [2.24, 2.45) is 29.1 Å². The van der Waals surface area contributed by atoms with Gasteiger partial charge in [-0.1, -0.05) is 12.2 Å². The standard InChI is InChI=1S/C17H23NO4/c1-16(2,15(21)22)8-17(3,4)18-13(19)11-9-5-6-10(7-9)12(11)14(18)20/h5-6,9-12H,7-8H2,1-4H3,(H,21,22)/t9-,10+,11+,12-. The molecule has 1 saturated carbocycles. The van der Waals surface area contributed by atoms with Crippen molar-refractivity contribution in [3.63, 3.8) is 0 Å². The predicted molar refractivity (Wildman–Crippen MR) is 79.7 cm³/mol. The van der Waals surface area contributed by atoms with E-state index in [1.807, 2.05) is 0 Å². The summed E-state index contributed by atoms with van der Waals surface area (Å²) >= 11 is 0. The second kappa shape index (κ2) is 4.43. The summed E-state index contributed by atoms with van der Waals surface area (Å²) in [7, 11) is 0. The van der Waals surface area contributed by atoms with Crippen LogP contribution in [0.5, 0.6) is 0 Å². The molecule has 1 N–H and O–H groups in total. The van der Waals surface area contributed by atoms with Crippen LogP contribution in [0.1, 0.15) is 40.5 Å². The highest BCUT2D eigenvalue weighted by molar-refractivity contribution is 6.07. The zero-order valence-corrected chi connectivity index (χ0v) is 13.5. The highest BCUT2D eigenvalue weighted by Gasteiger charge is 2.62. The van der Waals surface area contributed by atoms with Crippen molar-refractivity contribution in [1.29, 1.82) is 0 Å². The molecule has 2 bridgehead atoms. The molecular weight excluding hydrogens is 282 g/mol. The molecule has 5 heteroatoms. The lowest BCUT2D eigenvalue weighted by molar-refractivity contribution is -0.155. The van der Waals surface area contributed by atoms with E-state index in [1.165, 1.54) is 4.90 Å². The van der Waals surface area contributed by atoms with Crippen molar-refractivity contribution in [2.75, 3.05) is 0 Å². The zero-order valence-electron chi connectivity index (χ0n) is 13.5. The van der Waals surface area contributed by atoms with Crippen LogP contribution in [-0.4, -0.2) is 33.3 Å². The molecule has 0 aromatic rings. The monoisotopic (exact) mass is 305 g/mol. The van der Waals surface area contributed by atoms with Crippen LogP contribution in [-0.2, 0) is 14.4 Å². The van der Waals surface area contributed by atoms with E-state index >= 15 is 0 Å². The second-order valence-electron chi connectivity index (χ2n) is 8.19. The van der Waals surface area contributed by atoms with Crippen LogP contribution in [0, 0.1) is 29.1 Å². The second-order valence-corrected chi connectivity index (χ2v) is 8.19. The molecular formula is C17H23NO4. The molecule has 22 heavy (non-hydrogen) atoms. The van der Waals surface area contributed by atoms with Gasteiger partial charge in [-0.05, 0) is 52.4 Å². The zero-order chi connectivity index (χ0) is 16.4. The Kier molecular flexibility index (Phi) is 3.07. The molecule has 5 nitrogen and oxygen atoms in total. The van der Waals surface area contributed by atoms with Crippen LogP contribution in [0.2, 0.25) is 0 Å². The molecule has 3 rings (SSSR count). The molecule has 0 radical (unpaired) electrons. The van der Waals surface area contributed by atoms with Gasteiger partial charge < -0.3 is 5.11 Å². The van der Waals surface area contributed by atoms with E-state index in [1.54, 1.807) is 27.7 Å². The third-order valence-electron chi connectivity index (χ3n) is 5.53. The minimum atomic E-state index is -0.987. The fraction of sp³-hybridized carbons (Fsp3) is 0.706. The average molecular weight is 305 g/mol. The van der Waals surface area contributed by atoms with Gasteiger partial charge in [0.25, 0.3) is 0 Å². The lowest BCUT2D eigenvalue weighted by Gasteiger charge is -2.39. The van der Waals surface area contributed by atoms with Gasteiger partial charge in [0.05, 0.1) is 17.3 Å². The van der Waals surface area contributed by atoms with E-state index in [2.05, 4.69) is 12.2 Å². The maximum atomic E-state index is 12.8. The van der Waals surface area contributed by atoms with Gasteiger partial charge in [-0.2, -0.15) is 0 Å². The number of fused-ring (bicyclic) bond motifs is 5. The Morgan fingerprint density at radius 2 is 1.59 bits per heavy atom. The molecule has 4 atom stereocenters. The fourth-order valence-electron chi connectivity index (χ4n) is 4.74. The molecule has 0 unspecified atom stereocenters. The summed E-state index contributed by atoms with van der Waals surface area (Å²) in [6.45, 7) is 6.86. The number of amides is 2. The third kappa shape index (κ3) is 1.94. The van der Waals surface area contributed by atoms with Crippen LogP contribution in [0.15, 0.2) is 12.2 Å². The largest absolute Gasteiger partial charge is 0.481 e. The van der Waals surface area contributed by atoms with Crippen molar-refractivity contribution in [2.45, 2.75) is 46.1 Å². The van der Waals surface area contributed by atoms with Crippen LogP contribution in [0.3, 0.4) is 0 Å². The number of hydrogen-bond donors (Lipinski definition) is 1. The first-order valence-electron chi connectivity index (χ1n) is 7.86. The average Bonchev–Trinajstić information content (AvgIpc) is 3.01. The summed E-state index contributed by atoms with van der Waals surface area (Å²) in [4.78, 5) is 38.4. The lowest BCUT2D eigenvalue weighted by atomic mass is 9.79. The number of hydrogen-bond acceptors (Lipinski definition) is 3. The van der Waals surface area contributed by atoms with Crippen molar-refractivity contribution in [3.05, 3.63) is 12.2 Å². The molecule has 0 aromatic carbocycles. The van der Waals surface area contributed by atoms with E-state index in [0.29, 0.717) is 0 Å². The molecule has 1 aliphatic heterocycles. The topological polar surface area (TPSA) is 74.7 Å². The van der Waals surface area contributed by atoms with Gasteiger partial charge in [0.15, 0.2) is 0 Å². The number of carbonyl (C=O) groups is 3. The molecule has 2 aliphatic carbocycles. The molecule has 2 fully saturated rings. The van der Waals surface area contributed by atoms with Crippen LogP contribution in [0.4, 0.5) is 0 Å². The first-order chi connectivity index (χ1) is 10.1. The van der Waals surface area contributed by atoms with E-state index in [9.17, 15) is 19.5 Å². The highest BCUT2D eigenvalue weighted by atomic mass is 16.4. The van der Waals surface area contributed by atoms with Gasteiger partial charge in [0.1, 0.15) is 0 Å². The fourth-order valence-corrected chi connectivity index (χ4v) is 4.74. The predicted octanol–water partition coefficient (Wildman–Crippen LogP) is 2.07. The SMILES string of the molecule is CC(C)(CC(C)(C)N1C(=O)[C@@H]2[C@H](C1=O)[C@H]1C=C[C@@H]2C1)C(=O)O. The molecule has 1 heterocycles. The minimum absolute atomic E-state index is 0.113. The Bertz CT molecular complexity index is 559. The molecule has 3 aliphatic rings. The maximum absolute atomic E-state index is 12.8. The number of likely N-dealkylation sites (tertiary alicyclic amines) is 1. The summed E-state index contributed by atoms with van der Waals surface area (Å²) in [6.07, 6.45) is 5.28. The number of carboxylic acid groups (broad SMARTS) is 1. The number of rotatable bonds is 4. The molecule has 120 valence electrons. The Morgan fingerprint density at radius 3 is 2.00 bits per heavy atom. The summed E-state index contributed by atoms with van der Waals surface area (Å²) in [6, 6.07) is 0. The first-order valence-corrected chi connectivity index (χ1v) is 7.86. The van der Waals surface area contributed by atoms with Crippen molar-refractivity contribution in [3.8, 4) is 0 Å². The number of nitrogens with zero attached hydrogens (tertiary/aromatic N) is 1.